The Bertz CT molecular complexity index is 318. The molecule has 1 N–H and O–H groups in total. The molecule has 4 nitrogen and oxygen atoms in total. The number of likely N-dealkylation sites (tertiary alicyclic amines) is 1. The molecule has 0 saturated carbocycles. The minimum Gasteiger partial charge on any atom is -0.356 e. The van der Waals surface area contributed by atoms with Crippen molar-refractivity contribution in [3.8, 4) is 0 Å². The van der Waals surface area contributed by atoms with E-state index in [1.807, 2.05) is 4.90 Å². The zero-order valence-corrected chi connectivity index (χ0v) is 13.4. The SMILES string of the molecule is CC(C)CCNC(=O)C1CCN(C(=O)CC(C)C)CC1. The molecule has 4 heteroatoms. The molecule has 0 unspecified atom stereocenters. The van der Waals surface area contributed by atoms with Crippen molar-refractivity contribution in [1.29, 1.82) is 0 Å². The number of nitrogens with zero attached hydrogens (tertiary/aromatic N) is 1. The quantitative estimate of drug-likeness (QED) is 0.813. The van der Waals surface area contributed by atoms with Crippen LogP contribution < -0.4 is 5.32 Å². The van der Waals surface area contributed by atoms with Crippen LogP contribution in [0.1, 0.15) is 53.4 Å². The maximum Gasteiger partial charge on any atom is 0.223 e. The van der Waals surface area contributed by atoms with Gasteiger partial charge in [0, 0.05) is 32.0 Å². The van der Waals surface area contributed by atoms with Crippen LogP contribution in [0.5, 0.6) is 0 Å². The molecule has 1 aliphatic rings. The van der Waals surface area contributed by atoms with E-state index in [2.05, 4.69) is 33.0 Å². The van der Waals surface area contributed by atoms with Gasteiger partial charge in [0.05, 0.1) is 0 Å². The third-order valence-corrected chi connectivity index (χ3v) is 3.82. The highest BCUT2D eigenvalue weighted by Crippen LogP contribution is 2.19. The molecular formula is C16H30N2O2. The van der Waals surface area contributed by atoms with Gasteiger partial charge in [-0.2, -0.15) is 0 Å². The monoisotopic (exact) mass is 282 g/mol. The van der Waals surface area contributed by atoms with Gasteiger partial charge in [-0.25, -0.2) is 0 Å². The molecule has 20 heavy (non-hydrogen) atoms. The van der Waals surface area contributed by atoms with Crippen molar-refractivity contribution in [2.75, 3.05) is 19.6 Å². The van der Waals surface area contributed by atoms with Crippen molar-refractivity contribution in [2.24, 2.45) is 17.8 Å². The van der Waals surface area contributed by atoms with Crippen LogP contribution in [0.25, 0.3) is 0 Å². The topological polar surface area (TPSA) is 49.4 Å². The van der Waals surface area contributed by atoms with Crippen molar-refractivity contribution in [3.63, 3.8) is 0 Å². The van der Waals surface area contributed by atoms with Gasteiger partial charge in [0.25, 0.3) is 0 Å². The van der Waals surface area contributed by atoms with E-state index in [0.717, 1.165) is 38.9 Å². The second-order valence-corrected chi connectivity index (χ2v) is 6.73. The molecule has 1 rings (SSSR count). The lowest BCUT2D eigenvalue weighted by atomic mass is 9.95. The summed E-state index contributed by atoms with van der Waals surface area (Å²) in [7, 11) is 0. The van der Waals surface area contributed by atoms with Crippen LogP contribution in [0.4, 0.5) is 0 Å². The van der Waals surface area contributed by atoms with Crippen LogP contribution in [0.3, 0.4) is 0 Å². The maximum absolute atomic E-state index is 12.0. The molecule has 1 fully saturated rings. The maximum atomic E-state index is 12.0. The normalized spacial score (nSPS) is 16.8. The number of carbonyl (C=O) groups is 2. The van der Waals surface area contributed by atoms with E-state index in [1.165, 1.54) is 0 Å². The second-order valence-electron chi connectivity index (χ2n) is 6.73. The number of amides is 2. The Morgan fingerprint density at radius 1 is 1.10 bits per heavy atom. The summed E-state index contributed by atoms with van der Waals surface area (Å²) in [4.78, 5) is 25.9. The van der Waals surface area contributed by atoms with Gasteiger partial charge in [-0.3, -0.25) is 9.59 Å². The summed E-state index contributed by atoms with van der Waals surface area (Å²) in [5.41, 5.74) is 0. The molecule has 1 heterocycles. The number of carbonyl (C=O) groups excluding carboxylic acids is 2. The fraction of sp³-hybridized carbons (Fsp3) is 0.875. The zero-order valence-electron chi connectivity index (χ0n) is 13.4. The minimum absolute atomic E-state index is 0.0882. The zero-order chi connectivity index (χ0) is 15.1. The first-order chi connectivity index (χ1) is 9.40. The van der Waals surface area contributed by atoms with E-state index in [1.54, 1.807) is 0 Å². The molecule has 0 atom stereocenters. The molecule has 116 valence electrons. The van der Waals surface area contributed by atoms with Crippen molar-refractivity contribution in [1.82, 2.24) is 10.2 Å². The van der Waals surface area contributed by atoms with Gasteiger partial charge >= 0.3 is 0 Å². The van der Waals surface area contributed by atoms with E-state index in [0.29, 0.717) is 18.3 Å². The first-order valence-corrected chi connectivity index (χ1v) is 7.95. The number of rotatable bonds is 6. The fourth-order valence-corrected chi connectivity index (χ4v) is 2.50. The summed E-state index contributed by atoms with van der Waals surface area (Å²) < 4.78 is 0. The summed E-state index contributed by atoms with van der Waals surface area (Å²) in [6, 6.07) is 0. The number of hydrogen-bond acceptors (Lipinski definition) is 2. The molecule has 0 bridgehead atoms. The van der Waals surface area contributed by atoms with Crippen molar-refractivity contribution < 1.29 is 9.59 Å². The van der Waals surface area contributed by atoms with Gasteiger partial charge in [0.2, 0.25) is 11.8 Å². The van der Waals surface area contributed by atoms with E-state index in [-0.39, 0.29) is 17.7 Å². The van der Waals surface area contributed by atoms with Crippen molar-refractivity contribution in [3.05, 3.63) is 0 Å². The summed E-state index contributed by atoms with van der Waals surface area (Å²) in [5.74, 6) is 1.51. The van der Waals surface area contributed by atoms with Crippen LogP contribution in [0.15, 0.2) is 0 Å². The molecule has 1 aliphatic heterocycles. The van der Waals surface area contributed by atoms with Crippen LogP contribution in [0, 0.1) is 17.8 Å². The average Bonchev–Trinajstić information content (AvgIpc) is 2.37. The minimum atomic E-state index is 0.0882. The molecule has 0 aliphatic carbocycles. The molecule has 0 aromatic heterocycles. The predicted octanol–water partition coefficient (Wildman–Crippen LogP) is 2.43. The Hall–Kier alpha value is -1.06. The lowest BCUT2D eigenvalue weighted by Crippen LogP contribution is -2.43. The Morgan fingerprint density at radius 2 is 1.70 bits per heavy atom. The predicted molar refractivity (Wildman–Crippen MR) is 81.2 cm³/mol. The highest BCUT2D eigenvalue weighted by atomic mass is 16.2. The smallest absolute Gasteiger partial charge is 0.223 e. The second kappa shape index (κ2) is 8.28. The van der Waals surface area contributed by atoms with Crippen LogP contribution in [-0.2, 0) is 9.59 Å². The third-order valence-electron chi connectivity index (χ3n) is 3.82. The lowest BCUT2D eigenvalue weighted by molar-refractivity contribution is -0.136. The van der Waals surface area contributed by atoms with Gasteiger partial charge in [-0.05, 0) is 31.1 Å². The third kappa shape index (κ3) is 5.93. The van der Waals surface area contributed by atoms with Gasteiger partial charge in [0.1, 0.15) is 0 Å². The fourth-order valence-electron chi connectivity index (χ4n) is 2.50. The van der Waals surface area contributed by atoms with Gasteiger partial charge < -0.3 is 10.2 Å². The molecule has 0 aromatic carbocycles. The summed E-state index contributed by atoms with van der Waals surface area (Å²) in [5, 5.41) is 3.02. The highest BCUT2D eigenvalue weighted by molar-refractivity contribution is 5.80. The lowest BCUT2D eigenvalue weighted by Gasteiger charge is -2.32. The molecule has 2 amide bonds. The Labute approximate surface area is 123 Å². The number of piperidine rings is 1. The Balaban J connectivity index is 2.27. The summed E-state index contributed by atoms with van der Waals surface area (Å²) in [6.45, 7) is 10.7. The van der Waals surface area contributed by atoms with Crippen molar-refractivity contribution >= 4 is 11.8 Å². The van der Waals surface area contributed by atoms with Gasteiger partial charge in [0.15, 0.2) is 0 Å². The van der Waals surface area contributed by atoms with Gasteiger partial charge in [-0.15, -0.1) is 0 Å². The molecule has 0 radical (unpaired) electrons. The Kier molecular flexibility index (Phi) is 7.03. The van der Waals surface area contributed by atoms with Crippen LogP contribution in [0.2, 0.25) is 0 Å². The van der Waals surface area contributed by atoms with Crippen molar-refractivity contribution in [2.45, 2.75) is 53.4 Å². The van der Waals surface area contributed by atoms with E-state index in [9.17, 15) is 9.59 Å². The molecule has 1 saturated heterocycles. The van der Waals surface area contributed by atoms with E-state index in [4.69, 9.17) is 0 Å². The standard InChI is InChI=1S/C16H30N2O2/c1-12(2)5-8-17-16(20)14-6-9-18(10-7-14)15(19)11-13(3)4/h12-14H,5-11H2,1-4H3,(H,17,20). The molecule has 0 aromatic rings. The summed E-state index contributed by atoms with van der Waals surface area (Å²) in [6.07, 6.45) is 3.25. The molecular weight excluding hydrogens is 252 g/mol. The van der Waals surface area contributed by atoms with Gasteiger partial charge in [-0.1, -0.05) is 27.7 Å². The average molecular weight is 282 g/mol. The number of nitrogens with one attached hydrogen (secondary N) is 1. The first kappa shape index (κ1) is 17.0. The van der Waals surface area contributed by atoms with Crippen LogP contribution >= 0.6 is 0 Å². The van der Waals surface area contributed by atoms with E-state index >= 15 is 0 Å². The Morgan fingerprint density at radius 3 is 2.20 bits per heavy atom. The largest absolute Gasteiger partial charge is 0.356 e. The molecule has 0 spiro atoms. The van der Waals surface area contributed by atoms with E-state index < -0.39 is 0 Å². The summed E-state index contributed by atoms with van der Waals surface area (Å²) >= 11 is 0. The van der Waals surface area contributed by atoms with Crippen LogP contribution in [-0.4, -0.2) is 36.3 Å². The number of hydrogen-bond donors (Lipinski definition) is 1. The first-order valence-electron chi connectivity index (χ1n) is 7.95. The highest BCUT2D eigenvalue weighted by Gasteiger charge is 2.27.